The highest BCUT2D eigenvalue weighted by Crippen LogP contribution is 2.45. The van der Waals surface area contributed by atoms with Crippen LogP contribution in [0.2, 0.25) is 0 Å². The molecule has 0 atom stereocenters. The number of hydrogen-bond donors (Lipinski definition) is 1. The Kier molecular flexibility index (Phi) is 5.09. The molecule has 4 heterocycles. The quantitative estimate of drug-likeness (QED) is 0.581. The van der Waals surface area contributed by atoms with E-state index in [1.54, 1.807) is 11.3 Å². The molecular formula is C25H33N5OS. The molecule has 0 unspecified atom stereocenters. The van der Waals surface area contributed by atoms with E-state index in [1.165, 1.54) is 4.88 Å². The second-order valence-electron chi connectivity index (χ2n) is 10.4. The molecular weight excluding hydrogens is 418 g/mol. The molecule has 2 aromatic heterocycles. The zero-order valence-electron chi connectivity index (χ0n) is 19.9. The van der Waals surface area contributed by atoms with Crippen molar-refractivity contribution in [1.82, 2.24) is 20.1 Å². The van der Waals surface area contributed by atoms with Gasteiger partial charge in [-0.15, -0.1) is 0 Å². The lowest BCUT2D eigenvalue weighted by Gasteiger charge is -2.48. The lowest BCUT2D eigenvalue weighted by atomic mass is 9.79. The lowest BCUT2D eigenvalue weighted by Crippen LogP contribution is -2.61. The number of hydrogen-bond acceptors (Lipinski definition) is 6. The molecule has 0 saturated carbocycles. The molecule has 1 aromatic carbocycles. The molecule has 3 aromatic rings. The maximum Gasteiger partial charge on any atom is 0.186 e. The molecule has 1 saturated heterocycles. The Morgan fingerprint density at radius 1 is 1.19 bits per heavy atom. The molecule has 0 aliphatic carbocycles. The van der Waals surface area contributed by atoms with Crippen molar-refractivity contribution in [2.75, 3.05) is 11.9 Å². The van der Waals surface area contributed by atoms with Gasteiger partial charge in [0, 0.05) is 48.0 Å². The van der Waals surface area contributed by atoms with Crippen LogP contribution in [0.15, 0.2) is 30.6 Å². The maximum absolute atomic E-state index is 6.14. The first kappa shape index (κ1) is 21.5. The molecule has 170 valence electrons. The molecule has 2 aliphatic rings. The summed E-state index contributed by atoms with van der Waals surface area (Å²) in [5.74, 6) is 0.932. The topological polar surface area (TPSA) is 55.2 Å². The Morgan fingerprint density at radius 2 is 1.94 bits per heavy atom. The van der Waals surface area contributed by atoms with Crippen LogP contribution in [0.3, 0.4) is 0 Å². The largest absolute Gasteiger partial charge is 0.487 e. The van der Waals surface area contributed by atoms with Gasteiger partial charge >= 0.3 is 0 Å². The Hall–Kier alpha value is -2.38. The number of benzene rings is 1. The molecule has 1 N–H and O–H groups in total. The molecule has 0 spiro atoms. The minimum absolute atomic E-state index is 0.106. The number of rotatable bonds is 4. The number of aryl methyl sites for hydroxylation is 1. The lowest BCUT2D eigenvalue weighted by molar-refractivity contribution is 0.161. The van der Waals surface area contributed by atoms with Crippen molar-refractivity contribution in [3.8, 4) is 27.3 Å². The molecule has 0 bridgehead atoms. The SMILES string of the molecule is CCn1cc(-c2ccc3c(c2)OCc2nc(N(C)C4CC(C)(C)NC(C)(C)C4)sc2-3)cn1. The molecule has 32 heavy (non-hydrogen) atoms. The smallest absolute Gasteiger partial charge is 0.186 e. The van der Waals surface area contributed by atoms with Crippen molar-refractivity contribution in [1.29, 1.82) is 0 Å². The standard InChI is InChI=1S/C25H33N5OS/c1-7-30-14-17(13-26-30)16-8-9-19-21(10-16)31-15-20-22(19)32-23(27-20)29(6)18-11-24(2,3)28-25(4,5)12-18/h8-10,13-14,18,28H,7,11-12,15H2,1-6H3. The Balaban J connectivity index is 1.43. The first-order valence-electron chi connectivity index (χ1n) is 11.5. The molecule has 2 aliphatic heterocycles. The van der Waals surface area contributed by atoms with Gasteiger partial charge in [0.2, 0.25) is 0 Å². The summed E-state index contributed by atoms with van der Waals surface area (Å²) < 4.78 is 8.09. The summed E-state index contributed by atoms with van der Waals surface area (Å²) >= 11 is 1.79. The summed E-state index contributed by atoms with van der Waals surface area (Å²) in [6.45, 7) is 12.7. The summed E-state index contributed by atoms with van der Waals surface area (Å²) in [5.41, 5.74) is 4.65. The summed E-state index contributed by atoms with van der Waals surface area (Å²) in [7, 11) is 2.20. The molecule has 0 amide bonds. The molecule has 6 nitrogen and oxygen atoms in total. The van der Waals surface area contributed by atoms with Crippen LogP contribution in [-0.2, 0) is 13.2 Å². The predicted octanol–water partition coefficient (Wildman–Crippen LogP) is 5.33. The number of aromatic nitrogens is 3. The number of nitrogens with one attached hydrogen (secondary N) is 1. The first-order chi connectivity index (χ1) is 15.1. The van der Waals surface area contributed by atoms with Gasteiger partial charge in [0.15, 0.2) is 5.13 Å². The van der Waals surface area contributed by atoms with Crippen LogP contribution in [0.4, 0.5) is 5.13 Å². The fourth-order valence-electron chi connectivity index (χ4n) is 5.34. The Labute approximate surface area is 194 Å². The van der Waals surface area contributed by atoms with Gasteiger partial charge in [-0.05, 0) is 65.2 Å². The Morgan fingerprint density at radius 3 is 2.62 bits per heavy atom. The summed E-state index contributed by atoms with van der Waals surface area (Å²) in [6.07, 6.45) is 6.19. The van der Waals surface area contributed by atoms with Gasteiger partial charge < -0.3 is 15.0 Å². The number of fused-ring (bicyclic) bond motifs is 3. The molecule has 1 fully saturated rings. The third-order valence-corrected chi connectivity index (χ3v) is 7.81. The third kappa shape index (κ3) is 3.92. The minimum Gasteiger partial charge on any atom is -0.487 e. The van der Waals surface area contributed by atoms with E-state index in [0.29, 0.717) is 12.6 Å². The van der Waals surface area contributed by atoms with Crippen LogP contribution in [0.5, 0.6) is 5.75 Å². The summed E-state index contributed by atoms with van der Waals surface area (Å²) in [4.78, 5) is 8.62. The fraction of sp³-hybridized carbons (Fsp3) is 0.520. The van der Waals surface area contributed by atoms with Crippen molar-refractivity contribution in [2.45, 2.75) is 77.7 Å². The summed E-state index contributed by atoms with van der Waals surface area (Å²) in [5, 5.41) is 9.27. The minimum atomic E-state index is 0.106. The fourth-order valence-corrected chi connectivity index (χ4v) is 6.47. The van der Waals surface area contributed by atoms with E-state index in [2.05, 4.69) is 81.4 Å². The Bertz CT molecular complexity index is 1130. The highest BCUT2D eigenvalue weighted by molar-refractivity contribution is 7.19. The number of piperidine rings is 1. The van der Waals surface area contributed by atoms with Crippen molar-refractivity contribution >= 4 is 16.5 Å². The monoisotopic (exact) mass is 451 g/mol. The van der Waals surface area contributed by atoms with Crippen molar-refractivity contribution < 1.29 is 4.74 Å². The van der Waals surface area contributed by atoms with Gasteiger partial charge in [-0.1, -0.05) is 17.4 Å². The van der Waals surface area contributed by atoms with Crippen LogP contribution in [0.25, 0.3) is 21.6 Å². The van der Waals surface area contributed by atoms with E-state index in [9.17, 15) is 0 Å². The van der Waals surface area contributed by atoms with Gasteiger partial charge in [0.05, 0.1) is 16.8 Å². The van der Waals surface area contributed by atoms with E-state index in [1.807, 2.05) is 10.9 Å². The van der Waals surface area contributed by atoms with E-state index in [4.69, 9.17) is 9.72 Å². The second-order valence-corrected chi connectivity index (χ2v) is 11.4. The highest BCUT2D eigenvalue weighted by atomic mass is 32.1. The van der Waals surface area contributed by atoms with Crippen molar-refractivity contribution in [2.24, 2.45) is 0 Å². The van der Waals surface area contributed by atoms with Crippen LogP contribution >= 0.6 is 11.3 Å². The van der Waals surface area contributed by atoms with E-state index in [0.717, 1.165) is 52.7 Å². The third-order valence-electron chi connectivity index (χ3n) is 6.59. The number of anilines is 1. The van der Waals surface area contributed by atoms with Gasteiger partial charge in [-0.25, -0.2) is 4.98 Å². The van der Waals surface area contributed by atoms with Crippen LogP contribution in [0, 0.1) is 0 Å². The van der Waals surface area contributed by atoms with Gasteiger partial charge in [0.1, 0.15) is 12.4 Å². The van der Waals surface area contributed by atoms with Crippen molar-refractivity contribution in [3.05, 3.63) is 36.3 Å². The second kappa shape index (κ2) is 7.59. The molecule has 5 rings (SSSR count). The van der Waals surface area contributed by atoms with E-state index >= 15 is 0 Å². The molecule has 0 radical (unpaired) electrons. The predicted molar refractivity (Wildman–Crippen MR) is 131 cm³/mol. The zero-order chi connectivity index (χ0) is 22.7. The van der Waals surface area contributed by atoms with Crippen LogP contribution < -0.4 is 15.0 Å². The maximum atomic E-state index is 6.14. The van der Waals surface area contributed by atoms with Gasteiger partial charge in [0.25, 0.3) is 0 Å². The molecule has 7 heteroatoms. The van der Waals surface area contributed by atoms with Crippen LogP contribution in [-0.4, -0.2) is 38.9 Å². The van der Waals surface area contributed by atoms with Gasteiger partial charge in [-0.3, -0.25) is 4.68 Å². The van der Waals surface area contributed by atoms with Crippen LogP contribution in [0.1, 0.15) is 53.2 Å². The average molecular weight is 452 g/mol. The normalized spacial score (nSPS) is 19.2. The van der Waals surface area contributed by atoms with E-state index in [-0.39, 0.29) is 11.1 Å². The van der Waals surface area contributed by atoms with E-state index < -0.39 is 0 Å². The average Bonchev–Trinajstić information content (AvgIpc) is 3.37. The number of ether oxygens (including phenoxy) is 1. The highest BCUT2D eigenvalue weighted by Gasteiger charge is 2.40. The van der Waals surface area contributed by atoms with Crippen molar-refractivity contribution in [3.63, 3.8) is 0 Å². The number of thiazole rings is 1. The summed E-state index contributed by atoms with van der Waals surface area (Å²) in [6, 6.07) is 6.92. The van der Waals surface area contributed by atoms with Gasteiger partial charge in [-0.2, -0.15) is 5.10 Å². The first-order valence-corrected chi connectivity index (χ1v) is 12.3. The zero-order valence-corrected chi connectivity index (χ0v) is 20.7. The number of nitrogens with zero attached hydrogens (tertiary/aromatic N) is 4.